The lowest BCUT2D eigenvalue weighted by Crippen LogP contribution is -2.45. The van der Waals surface area contributed by atoms with Gasteiger partial charge in [-0.05, 0) is 61.9 Å². The second-order valence-corrected chi connectivity index (χ2v) is 16.2. The maximum atomic E-state index is 12.2. The summed E-state index contributed by atoms with van der Waals surface area (Å²) in [5, 5.41) is 2.93. The van der Waals surface area contributed by atoms with E-state index in [0.29, 0.717) is 13.1 Å². The van der Waals surface area contributed by atoms with E-state index in [2.05, 4.69) is 66.0 Å². The van der Waals surface area contributed by atoms with Crippen LogP contribution in [0.3, 0.4) is 0 Å². The minimum absolute atomic E-state index is 0.0275. The van der Waals surface area contributed by atoms with Crippen LogP contribution >= 0.6 is 0 Å². The summed E-state index contributed by atoms with van der Waals surface area (Å²) in [7, 11) is 1.50. The van der Waals surface area contributed by atoms with Gasteiger partial charge in [-0.25, -0.2) is 4.98 Å². The first-order valence-corrected chi connectivity index (χ1v) is 16.3. The van der Waals surface area contributed by atoms with Crippen LogP contribution in [-0.4, -0.2) is 73.9 Å². The van der Waals surface area contributed by atoms with Crippen LogP contribution in [0.1, 0.15) is 50.9 Å². The highest BCUT2D eigenvalue weighted by Crippen LogP contribution is 2.43. The first-order chi connectivity index (χ1) is 17.4. The molecule has 8 nitrogen and oxygen atoms in total. The average molecular weight is 527 g/mol. The van der Waals surface area contributed by atoms with E-state index in [9.17, 15) is 9.59 Å². The Balaban J connectivity index is 1.62. The quantitative estimate of drug-likeness (QED) is 0.258. The van der Waals surface area contributed by atoms with Gasteiger partial charge in [-0.1, -0.05) is 45.0 Å². The fraction of sp³-hybridized carbons (Fsp3) is 0.630. The van der Waals surface area contributed by atoms with Gasteiger partial charge in [0, 0.05) is 31.3 Å². The Morgan fingerprint density at radius 3 is 2.54 bits per heavy atom. The molecule has 3 rings (SSSR count). The zero-order chi connectivity index (χ0) is 27.2. The zero-order valence-corrected chi connectivity index (χ0v) is 24.5. The number of nitrogens with one attached hydrogen (secondary N) is 1. The SMILES string of the molecule is CC(CC(C)(C)[Si](C)(C)O)c1nc(-c2ccc(CC([B]OCN)CNC(=O)CN3CCC3)cc2)cn1C. The molecule has 1 saturated heterocycles. The molecule has 10 heteroatoms. The van der Waals surface area contributed by atoms with Gasteiger partial charge in [-0.3, -0.25) is 9.69 Å². The molecule has 1 radical (unpaired) electrons. The molecule has 1 aromatic carbocycles. The third kappa shape index (κ3) is 8.25. The number of rotatable bonds is 14. The molecule has 1 fully saturated rings. The number of imidazole rings is 1. The van der Waals surface area contributed by atoms with Crippen molar-refractivity contribution >= 4 is 21.7 Å². The Morgan fingerprint density at radius 1 is 1.30 bits per heavy atom. The molecule has 0 spiro atoms. The van der Waals surface area contributed by atoms with Crippen LogP contribution in [0.2, 0.25) is 23.9 Å². The van der Waals surface area contributed by atoms with Crippen molar-refractivity contribution in [3.05, 3.63) is 41.9 Å². The molecule has 1 aromatic heterocycles. The molecule has 2 unspecified atom stereocenters. The molecule has 2 aromatic rings. The Kier molecular flexibility index (Phi) is 10.2. The number of aromatic nitrogens is 2. The summed E-state index contributed by atoms with van der Waals surface area (Å²) in [6.45, 7) is 13.6. The molecule has 203 valence electrons. The fourth-order valence-electron chi connectivity index (χ4n) is 4.70. The number of hydrogen-bond donors (Lipinski definition) is 3. The smallest absolute Gasteiger partial charge is 0.299 e. The lowest BCUT2D eigenvalue weighted by Gasteiger charge is -2.36. The van der Waals surface area contributed by atoms with Crippen molar-refractivity contribution in [2.45, 2.75) is 69.9 Å². The van der Waals surface area contributed by atoms with Gasteiger partial charge in [0.05, 0.1) is 19.0 Å². The van der Waals surface area contributed by atoms with Gasteiger partial charge >= 0.3 is 0 Å². The molecule has 2 atom stereocenters. The average Bonchev–Trinajstić information content (AvgIpc) is 3.19. The molecule has 37 heavy (non-hydrogen) atoms. The van der Waals surface area contributed by atoms with Crippen LogP contribution < -0.4 is 11.1 Å². The van der Waals surface area contributed by atoms with E-state index in [0.717, 1.165) is 48.6 Å². The molecule has 0 bridgehead atoms. The Labute approximate surface area is 224 Å². The van der Waals surface area contributed by atoms with Gasteiger partial charge in [-0.2, -0.15) is 0 Å². The number of carbonyl (C=O) groups is 1. The van der Waals surface area contributed by atoms with Gasteiger partial charge in [0.2, 0.25) is 5.91 Å². The molecule has 1 amide bonds. The number of nitrogens with zero attached hydrogens (tertiary/aromatic N) is 3. The predicted molar refractivity (Wildman–Crippen MR) is 153 cm³/mol. The van der Waals surface area contributed by atoms with Gasteiger partial charge in [0.1, 0.15) is 5.82 Å². The fourth-order valence-corrected chi connectivity index (χ4v) is 5.51. The monoisotopic (exact) mass is 526 g/mol. The van der Waals surface area contributed by atoms with Crippen molar-refractivity contribution < 1.29 is 14.2 Å². The van der Waals surface area contributed by atoms with E-state index in [1.54, 1.807) is 7.48 Å². The lowest BCUT2D eigenvalue weighted by atomic mass is 9.75. The Bertz CT molecular complexity index is 1020. The summed E-state index contributed by atoms with van der Waals surface area (Å²) >= 11 is 0. The highest BCUT2D eigenvalue weighted by Gasteiger charge is 2.39. The van der Waals surface area contributed by atoms with Crippen molar-refractivity contribution in [2.75, 3.05) is 32.9 Å². The summed E-state index contributed by atoms with van der Waals surface area (Å²) in [5.74, 6) is 1.35. The van der Waals surface area contributed by atoms with Crippen LogP contribution in [0, 0.1) is 0 Å². The number of likely N-dealkylation sites (tertiary alicyclic amines) is 1. The number of aryl methyl sites for hydroxylation is 1. The summed E-state index contributed by atoms with van der Waals surface area (Å²) in [6, 6.07) is 8.43. The maximum absolute atomic E-state index is 12.2. The topological polar surface area (TPSA) is 106 Å². The molecule has 1 aliphatic rings. The van der Waals surface area contributed by atoms with Crippen LogP contribution in [-0.2, 0) is 22.9 Å². The molecule has 4 N–H and O–H groups in total. The van der Waals surface area contributed by atoms with Crippen LogP contribution in [0.5, 0.6) is 0 Å². The molecular formula is C27H45BN5O3Si. The first-order valence-electron chi connectivity index (χ1n) is 13.4. The van der Waals surface area contributed by atoms with E-state index < -0.39 is 8.32 Å². The number of nitrogens with two attached hydrogens (primary N) is 1. The minimum Gasteiger partial charge on any atom is -0.432 e. The van der Waals surface area contributed by atoms with Crippen LogP contribution in [0.4, 0.5) is 0 Å². The molecule has 0 saturated carbocycles. The van der Waals surface area contributed by atoms with Crippen molar-refractivity contribution in [1.82, 2.24) is 19.8 Å². The van der Waals surface area contributed by atoms with Crippen molar-refractivity contribution in [3.8, 4) is 11.3 Å². The maximum Gasteiger partial charge on any atom is 0.299 e. The molecule has 0 aliphatic carbocycles. The third-order valence-electron chi connectivity index (χ3n) is 7.84. The number of hydrogen-bond acceptors (Lipinski definition) is 6. The zero-order valence-electron chi connectivity index (χ0n) is 23.5. The van der Waals surface area contributed by atoms with Crippen LogP contribution in [0.15, 0.2) is 30.5 Å². The van der Waals surface area contributed by atoms with Gasteiger partial charge in [0.15, 0.2) is 8.32 Å². The largest absolute Gasteiger partial charge is 0.432 e. The van der Waals surface area contributed by atoms with E-state index in [4.69, 9.17) is 15.4 Å². The highest BCUT2D eigenvalue weighted by molar-refractivity contribution is 6.72. The van der Waals surface area contributed by atoms with Crippen LogP contribution in [0.25, 0.3) is 11.3 Å². The second-order valence-electron chi connectivity index (χ2n) is 11.7. The first kappa shape index (κ1) is 29.6. The summed E-state index contributed by atoms with van der Waals surface area (Å²) in [5.41, 5.74) is 8.69. The predicted octanol–water partition coefficient (Wildman–Crippen LogP) is 3.26. The third-order valence-corrected chi connectivity index (χ3v) is 11.4. The van der Waals surface area contributed by atoms with Gasteiger partial charge in [0.25, 0.3) is 7.48 Å². The minimum atomic E-state index is -2.28. The number of benzene rings is 1. The molecular weight excluding hydrogens is 481 g/mol. The number of amides is 1. The Hall–Kier alpha value is -1.98. The number of carbonyl (C=O) groups excluding carboxylic acids is 1. The Morgan fingerprint density at radius 2 is 1.97 bits per heavy atom. The standard InChI is InChI=1S/C27H45BN5O3Si/c1-20(15-27(2,3)37(5,6)35)26-31-24(17-32(26)4)22-10-8-21(9-11-22)14-23(28-36-19-29)16-30-25(34)18-33-12-7-13-33/h8-11,17,20,23,35H,7,12-16,18-19,29H2,1-6H3,(H,30,34). The van der Waals surface area contributed by atoms with E-state index >= 15 is 0 Å². The molecule has 1 aliphatic heterocycles. The van der Waals surface area contributed by atoms with E-state index in [1.165, 1.54) is 6.42 Å². The normalized spacial score (nSPS) is 16.2. The summed E-state index contributed by atoms with van der Waals surface area (Å²) < 4.78 is 7.47. The lowest BCUT2D eigenvalue weighted by molar-refractivity contribution is -0.123. The second kappa shape index (κ2) is 12.7. The van der Waals surface area contributed by atoms with E-state index in [-0.39, 0.29) is 29.4 Å². The highest BCUT2D eigenvalue weighted by atomic mass is 28.4. The van der Waals surface area contributed by atoms with Gasteiger partial charge in [-0.15, -0.1) is 0 Å². The van der Waals surface area contributed by atoms with Crippen molar-refractivity contribution in [2.24, 2.45) is 12.8 Å². The van der Waals surface area contributed by atoms with Crippen molar-refractivity contribution in [1.29, 1.82) is 0 Å². The van der Waals surface area contributed by atoms with Crippen molar-refractivity contribution in [3.63, 3.8) is 0 Å². The summed E-state index contributed by atoms with van der Waals surface area (Å²) in [6.07, 6.45) is 4.88. The van der Waals surface area contributed by atoms with Gasteiger partial charge < -0.3 is 25.1 Å². The molecule has 2 heterocycles. The van der Waals surface area contributed by atoms with E-state index in [1.807, 2.05) is 20.1 Å². The summed E-state index contributed by atoms with van der Waals surface area (Å²) in [4.78, 5) is 30.0.